The van der Waals surface area contributed by atoms with Crippen LogP contribution in [0.25, 0.3) is 11.1 Å². The second-order valence-corrected chi connectivity index (χ2v) is 8.04. The summed E-state index contributed by atoms with van der Waals surface area (Å²) in [5, 5.41) is 14.0. The summed E-state index contributed by atoms with van der Waals surface area (Å²) in [4.78, 5) is 36.7. The van der Waals surface area contributed by atoms with Crippen molar-refractivity contribution in [3.8, 4) is 11.1 Å². The Hall–Kier alpha value is -3.52. The summed E-state index contributed by atoms with van der Waals surface area (Å²) in [7, 11) is 0. The van der Waals surface area contributed by atoms with Crippen LogP contribution in [0.2, 0.25) is 0 Å². The molecule has 0 fully saturated rings. The number of amides is 1. The van der Waals surface area contributed by atoms with Crippen molar-refractivity contribution in [3.63, 3.8) is 0 Å². The minimum atomic E-state index is -0.531. The zero-order valence-electron chi connectivity index (χ0n) is 16.7. The molecule has 0 bridgehead atoms. The molecule has 0 saturated heterocycles. The van der Waals surface area contributed by atoms with Gasteiger partial charge in [0.15, 0.2) is 0 Å². The van der Waals surface area contributed by atoms with Crippen molar-refractivity contribution in [2.45, 2.75) is 26.9 Å². The number of anilines is 1. The van der Waals surface area contributed by atoms with Gasteiger partial charge in [-0.2, -0.15) is 0 Å². The van der Waals surface area contributed by atoms with Gasteiger partial charge in [0.25, 0.3) is 11.6 Å². The molecule has 7 nitrogen and oxygen atoms in total. The van der Waals surface area contributed by atoms with E-state index in [4.69, 9.17) is 4.74 Å². The lowest BCUT2D eigenvalue weighted by atomic mass is 10.0. The van der Waals surface area contributed by atoms with Crippen LogP contribution in [-0.2, 0) is 4.74 Å². The van der Waals surface area contributed by atoms with Gasteiger partial charge in [0, 0.05) is 28.1 Å². The van der Waals surface area contributed by atoms with Crippen molar-refractivity contribution in [1.29, 1.82) is 0 Å². The predicted octanol–water partition coefficient (Wildman–Crippen LogP) is 5.45. The minimum Gasteiger partial charge on any atom is -0.459 e. The van der Waals surface area contributed by atoms with E-state index >= 15 is 0 Å². The molecular weight excluding hydrogens is 404 g/mol. The lowest BCUT2D eigenvalue weighted by molar-refractivity contribution is -0.384. The number of nitro groups is 1. The molecule has 0 spiro atoms. The topological polar surface area (TPSA) is 98.5 Å². The third kappa shape index (κ3) is 4.55. The second kappa shape index (κ2) is 8.87. The largest absolute Gasteiger partial charge is 0.459 e. The number of esters is 1. The number of ether oxygens (including phenoxy) is 1. The molecule has 0 saturated carbocycles. The van der Waals surface area contributed by atoms with Crippen molar-refractivity contribution in [2.24, 2.45) is 0 Å². The molecule has 0 radical (unpaired) electrons. The number of carbonyl (C=O) groups excluding carboxylic acids is 2. The SMILES string of the molecule is Cc1sc(NC(=O)c2ccc([N+](=O)[O-])cc2)c(C(=O)OC(C)C)c1-c1ccccc1. The summed E-state index contributed by atoms with van der Waals surface area (Å²) in [6, 6.07) is 14.7. The first-order valence-corrected chi connectivity index (χ1v) is 10.0. The van der Waals surface area contributed by atoms with Crippen LogP contribution in [0.1, 0.15) is 39.4 Å². The van der Waals surface area contributed by atoms with E-state index in [-0.39, 0.29) is 17.4 Å². The number of nitrogens with zero attached hydrogens (tertiary/aromatic N) is 1. The third-order valence-electron chi connectivity index (χ3n) is 4.26. The Morgan fingerprint density at radius 3 is 2.27 bits per heavy atom. The molecule has 0 unspecified atom stereocenters. The van der Waals surface area contributed by atoms with Gasteiger partial charge in [-0.3, -0.25) is 14.9 Å². The van der Waals surface area contributed by atoms with Crippen molar-refractivity contribution in [2.75, 3.05) is 5.32 Å². The number of rotatable bonds is 6. The minimum absolute atomic E-state index is 0.105. The van der Waals surface area contributed by atoms with Crippen LogP contribution in [0.4, 0.5) is 10.7 Å². The number of hydrogen-bond donors (Lipinski definition) is 1. The zero-order valence-corrected chi connectivity index (χ0v) is 17.5. The van der Waals surface area contributed by atoms with E-state index in [2.05, 4.69) is 5.32 Å². The normalized spacial score (nSPS) is 10.7. The van der Waals surface area contributed by atoms with Gasteiger partial charge < -0.3 is 10.1 Å². The van der Waals surface area contributed by atoms with Crippen LogP contribution in [0, 0.1) is 17.0 Å². The van der Waals surface area contributed by atoms with E-state index in [0.717, 1.165) is 10.4 Å². The highest BCUT2D eigenvalue weighted by atomic mass is 32.1. The Labute approximate surface area is 177 Å². The quantitative estimate of drug-likeness (QED) is 0.322. The molecular formula is C22H20N2O5S. The molecule has 1 N–H and O–H groups in total. The molecule has 1 heterocycles. The average molecular weight is 424 g/mol. The van der Waals surface area contributed by atoms with Gasteiger partial charge in [-0.25, -0.2) is 4.79 Å². The highest BCUT2D eigenvalue weighted by Gasteiger charge is 2.26. The van der Waals surface area contributed by atoms with Crippen LogP contribution in [0.3, 0.4) is 0 Å². The summed E-state index contributed by atoms with van der Waals surface area (Å²) >= 11 is 1.28. The first-order valence-electron chi connectivity index (χ1n) is 9.23. The highest BCUT2D eigenvalue weighted by Crippen LogP contribution is 2.40. The number of hydrogen-bond acceptors (Lipinski definition) is 6. The molecule has 3 aromatic rings. The lowest BCUT2D eigenvalue weighted by Crippen LogP contribution is -2.16. The zero-order chi connectivity index (χ0) is 21.8. The molecule has 1 aromatic heterocycles. The molecule has 8 heteroatoms. The van der Waals surface area contributed by atoms with Gasteiger partial charge in [0.1, 0.15) is 10.6 Å². The number of non-ortho nitro benzene ring substituents is 1. The van der Waals surface area contributed by atoms with Crippen LogP contribution < -0.4 is 5.32 Å². The fourth-order valence-corrected chi connectivity index (χ4v) is 4.02. The third-order valence-corrected chi connectivity index (χ3v) is 5.28. The van der Waals surface area contributed by atoms with E-state index in [1.54, 1.807) is 13.8 Å². The van der Waals surface area contributed by atoms with Crippen molar-refractivity contribution < 1.29 is 19.2 Å². The maximum Gasteiger partial charge on any atom is 0.342 e. The molecule has 0 aliphatic rings. The summed E-state index contributed by atoms with van der Waals surface area (Å²) in [6.45, 7) is 5.39. The first-order chi connectivity index (χ1) is 14.3. The van der Waals surface area contributed by atoms with E-state index in [1.165, 1.54) is 35.6 Å². The van der Waals surface area contributed by atoms with Gasteiger partial charge in [-0.1, -0.05) is 30.3 Å². The van der Waals surface area contributed by atoms with E-state index < -0.39 is 16.8 Å². The van der Waals surface area contributed by atoms with Gasteiger partial charge in [0.2, 0.25) is 0 Å². The molecule has 1 amide bonds. The molecule has 30 heavy (non-hydrogen) atoms. The average Bonchev–Trinajstić information content (AvgIpc) is 3.03. The predicted molar refractivity (Wildman–Crippen MR) is 116 cm³/mol. The Bertz CT molecular complexity index is 1090. The van der Waals surface area contributed by atoms with E-state index in [0.29, 0.717) is 16.1 Å². The van der Waals surface area contributed by atoms with Crippen LogP contribution in [0.15, 0.2) is 54.6 Å². The lowest BCUT2D eigenvalue weighted by Gasteiger charge is -2.12. The molecule has 0 aliphatic heterocycles. The van der Waals surface area contributed by atoms with Crippen molar-refractivity contribution >= 4 is 33.9 Å². The van der Waals surface area contributed by atoms with E-state index in [1.807, 2.05) is 37.3 Å². The molecule has 154 valence electrons. The number of nitrogens with one attached hydrogen (secondary N) is 1. The van der Waals surface area contributed by atoms with Crippen molar-refractivity contribution in [1.82, 2.24) is 0 Å². The Balaban J connectivity index is 2.00. The van der Waals surface area contributed by atoms with E-state index in [9.17, 15) is 19.7 Å². The smallest absolute Gasteiger partial charge is 0.342 e. The first kappa shape index (κ1) is 21.2. The highest BCUT2D eigenvalue weighted by molar-refractivity contribution is 7.17. The Morgan fingerprint density at radius 2 is 1.70 bits per heavy atom. The molecule has 2 aromatic carbocycles. The number of benzene rings is 2. The molecule has 3 rings (SSSR count). The summed E-state index contributed by atoms with van der Waals surface area (Å²) in [5.41, 5.74) is 2.00. The number of carbonyl (C=O) groups is 2. The van der Waals surface area contributed by atoms with Gasteiger partial charge in [0.05, 0.1) is 11.0 Å². The standard InChI is InChI=1S/C22H20N2O5S/c1-13(2)29-22(26)19-18(15-7-5-4-6-8-15)14(3)30-21(19)23-20(25)16-9-11-17(12-10-16)24(27)28/h4-13H,1-3H3,(H,23,25). The van der Waals surface area contributed by atoms with Crippen LogP contribution in [-0.4, -0.2) is 22.9 Å². The maximum atomic E-state index is 12.9. The number of thiophene rings is 1. The summed E-state index contributed by atoms with van der Waals surface area (Å²) in [5.74, 6) is -0.989. The Kier molecular flexibility index (Phi) is 6.27. The van der Waals surface area contributed by atoms with Crippen LogP contribution in [0.5, 0.6) is 0 Å². The fraction of sp³-hybridized carbons (Fsp3) is 0.182. The summed E-state index contributed by atoms with van der Waals surface area (Å²) in [6.07, 6.45) is -0.320. The molecule has 0 aliphatic carbocycles. The van der Waals surface area contributed by atoms with Gasteiger partial charge >= 0.3 is 5.97 Å². The second-order valence-electron chi connectivity index (χ2n) is 6.82. The Morgan fingerprint density at radius 1 is 1.07 bits per heavy atom. The van der Waals surface area contributed by atoms with Crippen molar-refractivity contribution in [3.05, 3.63) is 80.7 Å². The fourth-order valence-electron chi connectivity index (χ4n) is 2.96. The number of aryl methyl sites for hydroxylation is 1. The maximum absolute atomic E-state index is 12.9. The summed E-state index contributed by atoms with van der Waals surface area (Å²) < 4.78 is 5.42. The van der Waals surface area contributed by atoms with Gasteiger partial charge in [-0.05, 0) is 38.5 Å². The van der Waals surface area contributed by atoms with Gasteiger partial charge in [-0.15, -0.1) is 11.3 Å². The van der Waals surface area contributed by atoms with Crippen LogP contribution >= 0.6 is 11.3 Å². The monoisotopic (exact) mass is 424 g/mol. The molecule has 0 atom stereocenters. The number of nitro benzene ring substituents is 1.